The van der Waals surface area contributed by atoms with E-state index in [0.717, 1.165) is 25.0 Å². The first kappa shape index (κ1) is 11.9. The molecule has 2 rings (SSSR count). The molecule has 0 spiro atoms. The predicted octanol–water partition coefficient (Wildman–Crippen LogP) is 1.00. The maximum atomic E-state index is 12.7. The Morgan fingerprint density at radius 2 is 2.24 bits per heavy atom. The number of phenolic OH excluding ortho intramolecular Hbond substituents is 1. The van der Waals surface area contributed by atoms with E-state index < -0.39 is 11.7 Å². The van der Waals surface area contributed by atoms with Gasteiger partial charge in [-0.3, -0.25) is 4.79 Å². The van der Waals surface area contributed by atoms with Gasteiger partial charge in [-0.05, 0) is 31.5 Å². The lowest BCUT2D eigenvalue weighted by Gasteiger charge is -2.13. The molecule has 0 saturated heterocycles. The van der Waals surface area contributed by atoms with Crippen molar-refractivity contribution in [3.8, 4) is 5.75 Å². The lowest BCUT2D eigenvalue weighted by Crippen LogP contribution is -2.33. The molecule has 0 heterocycles. The van der Waals surface area contributed by atoms with Crippen molar-refractivity contribution in [2.45, 2.75) is 12.8 Å². The first-order valence-electron chi connectivity index (χ1n) is 5.53. The van der Waals surface area contributed by atoms with Gasteiger partial charge in [0.1, 0.15) is 11.6 Å². The Labute approximate surface area is 98.6 Å². The number of carbonyl (C=O) groups is 1. The summed E-state index contributed by atoms with van der Waals surface area (Å²) in [4.78, 5) is 11.7. The van der Waals surface area contributed by atoms with Crippen LogP contribution in [0.25, 0.3) is 0 Å². The molecule has 0 radical (unpaired) electrons. The zero-order valence-corrected chi connectivity index (χ0v) is 9.37. The van der Waals surface area contributed by atoms with Gasteiger partial charge in [-0.2, -0.15) is 0 Å². The Kier molecular flexibility index (Phi) is 3.02. The van der Waals surface area contributed by atoms with Gasteiger partial charge < -0.3 is 16.2 Å². The van der Waals surface area contributed by atoms with Gasteiger partial charge >= 0.3 is 0 Å². The lowest BCUT2D eigenvalue weighted by atomic mass is 10.1. The molecule has 1 aromatic rings. The van der Waals surface area contributed by atoms with Crippen LogP contribution in [0.5, 0.6) is 5.75 Å². The van der Waals surface area contributed by atoms with Gasteiger partial charge in [-0.1, -0.05) is 0 Å². The van der Waals surface area contributed by atoms with Crippen LogP contribution in [0.15, 0.2) is 18.2 Å². The third-order valence-corrected chi connectivity index (χ3v) is 3.22. The summed E-state index contributed by atoms with van der Waals surface area (Å²) in [6, 6.07) is 3.33. The van der Waals surface area contributed by atoms with E-state index in [1.807, 2.05) is 0 Å². The van der Waals surface area contributed by atoms with E-state index in [1.54, 1.807) is 0 Å². The van der Waals surface area contributed by atoms with E-state index in [9.17, 15) is 14.3 Å². The number of hydrogen-bond donors (Lipinski definition) is 3. The van der Waals surface area contributed by atoms with Crippen molar-refractivity contribution in [2.24, 2.45) is 11.1 Å². The first-order chi connectivity index (χ1) is 8.06. The summed E-state index contributed by atoms with van der Waals surface area (Å²) in [5.74, 6) is -1.32. The molecule has 92 valence electrons. The monoisotopic (exact) mass is 238 g/mol. The zero-order valence-electron chi connectivity index (χ0n) is 9.37. The molecule has 1 aromatic carbocycles. The average Bonchev–Trinajstić information content (AvgIpc) is 3.07. The number of amides is 1. The minimum Gasteiger partial charge on any atom is -0.507 e. The minimum absolute atomic E-state index is 0.0330. The molecule has 4 N–H and O–H groups in total. The number of carbonyl (C=O) groups excluding carboxylic acids is 1. The molecule has 1 amide bonds. The Morgan fingerprint density at radius 3 is 2.76 bits per heavy atom. The van der Waals surface area contributed by atoms with Crippen molar-refractivity contribution in [2.75, 3.05) is 13.1 Å². The number of phenols is 1. The maximum Gasteiger partial charge on any atom is 0.255 e. The fourth-order valence-corrected chi connectivity index (χ4v) is 1.69. The molecule has 1 aliphatic carbocycles. The molecule has 1 fully saturated rings. The number of aromatic hydroxyl groups is 1. The molecule has 5 heteroatoms. The van der Waals surface area contributed by atoms with Gasteiger partial charge in [0, 0.05) is 18.0 Å². The fourth-order valence-electron chi connectivity index (χ4n) is 1.69. The van der Waals surface area contributed by atoms with E-state index in [2.05, 4.69) is 5.32 Å². The molecular weight excluding hydrogens is 223 g/mol. The lowest BCUT2D eigenvalue weighted by molar-refractivity contribution is 0.0942. The topological polar surface area (TPSA) is 75.3 Å². The number of nitrogens with one attached hydrogen (secondary N) is 1. The first-order valence-corrected chi connectivity index (χ1v) is 5.53. The van der Waals surface area contributed by atoms with Gasteiger partial charge in [-0.15, -0.1) is 0 Å². The van der Waals surface area contributed by atoms with E-state index >= 15 is 0 Å². The van der Waals surface area contributed by atoms with Crippen LogP contribution in [-0.4, -0.2) is 24.1 Å². The second-order valence-electron chi connectivity index (χ2n) is 4.55. The zero-order chi connectivity index (χ0) is 12.5. The molecule has 0 atom stereocenters. The summed E-state index contributed by atoms with van der Waals surface area (Å²) in [5.41, 5.74) is 5.71. The van der Waals surface area contributed by atoms with Gasteiger partial charge in [0.2, 0.25) is 0 Å². The molecular formula is C12H15FN2O2. The number of halogens is 1. The summed E-state index contributed by atoms with van der Waals surface area (Å²) < 4.78 is 12.7. The smallest absolute Gasteiger partial charge is 0.255 e. The largest absolute Gasteiger partial charge is 0.507 e. The van der Waals surface area contributed by atoms with E-state index in [-0.39, 0.29) is 16.7 Å². The van der Waals surface area contributed by atoms with Crippen LogP contribution in [0.3, 0.4) is 0 Å². The van der Waals surface area contributed by atoms with Gasteiger partial charge in [-0.25, -0.2) is 4.39 Å². The standard InChI is InChI=1S/C12H15FN2O2/c13-8-1-2-9(10(16)5-8)11(17)15-7-12(6-14)3-4-12/h1-2,5,16H,3-4,6-7,14H2,(H,15,17). The summed E-state index contributed by atoms with van der Waals surface area (Å²) in [5, 5.41) is 12.2. The predicted molar refractivity (Wildman–Crippen MR) is 61.1 cm³/mol. The highest BCUT2D eigenvalue weighted by atomic mass is 19.1. The van der Waals surface area contributed by atoms with Crippen molar-refractivity contribution < 1.29 is 14.3 Å². The molecule has 1 saturated carbocycles. The number of hydrogen-bond acceptors (Lipinski definition) is 3. The van der Waals surface area contributed by atoms with Crippen LogP contribution < -0.4 is 11.1 Å². The van der Waals surface area contributed by atoms with Crippen LogP contribution in [-0.2, 0) is 0 Å². The van der Waals surface area contributed by atoms with Crippen molar-refractivity contribution in [3.63, 3.8) is 0 Å². The van der Waals surface area contributed by atoms with E-state index in [1.165, 1.54) is 6.07 Å². The fraction of sp³-hybridized carbons (Fsp3) is 0.417. The molecule has 0 aliphatic heterocycles. The van der Waals surface area contributed by atoms with Crippen molar-refractivity contribution in [3.05, 3.63) is 29.6 Å². The normalized spacial score (nSPS) is 16.6. The van der Waals surface area contributed by atoms with Crippen LogP contribution in [0.4, 0.5) is 4.39 Å². The minimum atomic E-state index is -0.570. The maximum absolute atomic E-state index is 12.7. The molecule has 0 aromatic heterocycles. The van der Waals surface area contributed by atoms with Gasteiger partial charge in [0.25, 0.3) is 5.91 Å². The van der Waals surface area contributed by atoms with Crippen molar-refractivity contribution in [1.29, 1.82) is 0 Å². The molecule has 1 aliphatic rings. The van der Waals surface area contributed by atoms with Gasteiger partial charge in [0.05, 0.1) is 5.56 Å². The van der Waals surface area contributed by atoms with Crippen molar-refractivity contribution in [1.82, 2.24) is 5.32 Å². The highest BCUT2D eigenvalue weighted by molar-refractivity contribution is 5.96. The van der Waals surface area contributed by atoms with Crippen LogP contribution in [0, 0.1) is 11.2 Å². The third-order valence-electron chi connectivity index (χ3n) is 3.22. The highest BCUT2D eigenvalue weighted by Gasteiger charge is 2.41. The van der Waals surface area contributed by atoms with Crippen molar-refractivity contribution >= 4 is 5.91 Å². The van der Waals surface area contributed by atoms with Crippen LogP contribution in [0.2, 0.25) is 0 Å². The van der Waals surface area contributed by atoms with Gasteiger partial charge in [0.15, 0.2) is 0 Å². The number of benzene rings is 1. The number of nitrogens with two attached hydrogens (primary N) is 1. The Hall–Kier alpha value is -1.62. The molecule has 0 unspecified atom stereocenters. The third kappa shape index (κ3) is 2.55. The molecule has 0 bridgehead atoms. The van der Waals surface area contributed by atoms with Crippen LogP contribution >= 0.6 is 0 Å². The average molecular weight is 238 g/mol. The SMILES string of the molecule is NCC1(CNC(=O)c2ccc(F)cc2O)CC1. The molecule has 4 nitrogen and oxygen atoms in total. The Balaban J connectivity index is 2.00. The van der Waals surface area contributed by atoms with Crippen LogP contribution in [0.1, 0.15) is 23.2 Å². The van der Waals surface area contributed by atoms with E-state index in [0.29, 0.717) is 13.1 Å². The summed E-state index contributed by atoms with van der Waals surface area (Å²) in [7, 11) is 0. The van der Waals surface area contributed by atoms with E-state index in [4.69, 9.17) is 5.73 Å². The summed E-state index contributed by atoms with van der Waals surface area (Å²) in [6.45, 7) is 1.04. The second-order valence-corrected chi connectivity index (χ2v) is 4.55. The summed E-state index contributed by atoms with van der Waals surface area (Å²) >= 11 is 0. The summed E-state index contributed by atoms with van der Waals surface area (Å²) in [6.07, 6.45) is 2.03. The molecule has 17 heavy (non-hydrogen) atoms. The number of rotatable bonds is 4. The Bertz CT molecular complexity index is 444. The second kappa shape index (κ2) is 4.33. The Morgan fingerprint density at radius 1 is 1.53 bits per heavy atom. The highest BCUT2D eigenvalue weighted by Crippen LogP contribution is 2.43. The quantitative estimate of drug-likeness (QED) is 0.732.